The fourth-order valence-corrected chi connectivity index (χ4v) is 0.415. The number of rotatable bonds is 0. The number of hydrogen-bond acceptors (Lipinski definition) is 3. The Balaban J connectivity index is 3.05. The molecule has 0 atom stereocenters. The minimum Gasteiger partial charge on any atom is -0.448 e. The Hall–Kier alpha value is -1.30. The zero-order chi connectivity index (χ0) is 5.98. The summed E-state index contributed by atoms with van der Waals surface area (Å²) in [5, 5.41) is 8.18. The summed E-state index contributed by atoms with van der Waals surface area (Å²) in [6.07, 6.45) is 1.33. The van der Waals surface area contributed by atoms with E-state index in [4.69, 9.17) is 9.68 Å². The van der Waals surface area contributed by atoms with E-state index in [9.17, 15) is 0 Å². The molecule has 0 unspecified atom stereocenters. The first-order valence-corrected chi connectivity index (χ1v) is 2.15. The first kappa shape index (κ1) is 4.85. The minimum absolute atomic E-state index is 0.336. The lowest BCUT2D eigenvalue weighted by molar-refractivity contribution is 0.521. The Morgan fingerprint density at radius 2 is 2.62 bits per heavy atom. The van der Waals surface area contributed by atoms with Crippen LogP contribution < -0.4 is 0 Å². The smallest absolute Gasteiger partial charge is 0.192 e. The number of nitrogens with zero attached hydrogens (tertiary/aromatic N) is 2. The van der Waals surface area contributed by atoms with Crippen LogP contribution in [0.1, 0.15) is 11.6 Å². The van der Waals surface area contributed by atoms with Crippen molar-refractivity contribution in [1.29, 1.82) is 5.26 Å². The van der Waals surface area contributed by atoms with Crippen molar-refractivity contribution in [3.8, 4) is 6.07 Å². The molecule has 0 N–H and O–H groups in total. The van der Waals surface area contributed by atoms with E-state index < -0.39 is 0 Å². The molecule has 0 amide bonds. The highest BCUT2D eigenvalue weighted by Crippen LogP contribution is 1.96. The van der Waals surface area contributed by atoms with Gasteiger partial charge in [-0.25, -0.2) is 4.98 Å². The Bertz CT molecular complexity index is 221. The third-order valence-electron chi connectivity index (χ3n) is 0.734. The van der Waals surface area contributed by atoms with Gasteiger partial charge in [0, 0.05) is 6.92 Å². The maximum Gasteiger partial charge on any atom is 0.192 e. The molecule has 0 aliphatic heterocycles. The third kappa shape index (κ3) is 0.684. The van der Waals surface area contributed by atoms with Gasteiger partial charge in [0.15, 0.2) is 11.6 Å². The summed E-state index contributed by atoms with van der Waals surface area (Å²) in [6, 6.07) is 1.84. The van der Waals surface area contributed by atoms with Gasteiger partial charge >= 0.3 is 0 Å². The lowest BCUT2D eigenvalue weighted by Gasteiger charge is -1.67. The third-order valence-corrected chi connectivity index (χ3v) is 0.734. The fraction of sp³-hybridized carbons (Fsp3) is 0.200. The number of aryl methyl sites for hydroxylation is 1. The van der Waals surface area contributed by atoms with E-state index in [1.165, 1.54) is 6.26 Å². The predicted molar refractivity (Wildman–Crippen MR) is 26.0 cm³/mol. The maximum atomic E-state index is 8.18. The highest BCUT2D eigenvalue weighted by Gasteiger charge is 1.93. The minimum atomic E-state index is 0.336. The molecular weight excluding hydrogens is 104 g/mol. The van der Waals surface area contributed by atoms with Gasteiger partial charge < -0.3 is 4.42 Å². The number of aromatic nitrogens is 1. The molecule has 40 valence electrons. The first-order chi connectivity index (χ1) is 3.83. The van der Waals surface area contributed by atoms with Crippen molar-refractivity contribution < 1.29 is 4.42 Å². The molecule has 0 fully saturated rings. The standard InChI is InChI=1S/C5H4N2O/c1-4-7-5(2-6)3-8-4/h3H,1H3. The first-order valence-electron chi connectivity index (χ1n) is 2.15. The quantitative estimate of drug-likeness (QED) is 0.495. The molecule has 0 saturated heterocycles. The van der Waals surface area contributed by atoms with Crippen molar-refractivity contribution in [1.82, 2.24) is 4.98 Å². The van der Waals surface area contributed by atoms with Gasteiger partial charge in [-0.3, -0.25) is 0 Å². The molecule has 0 bridgehead atoms. The van der Waals surface area contributed by atoms with Crippen molar-refractivity contribution in [3.05, 3.63) is 17.8 Å². The van der Waals surface area contributed by atoms with Gasteiger partial charge in [0.05, 0.1) is 0 Å². The van der Waals surface area contributed by atoms with Crippen LogP contribution in [-0.2, 0) is 0 Å². The second-order valence-electron chi connectivity index (χ2n) is 1.36. The van der Waals surface area contributed by atoms with Crippen LogP contribution in [0.15, 0.2) is 10.7 Å². The molecule has 0 aliphatic rings. The molecule has 0 aromatic carbocycles. The van der Waals surface area contributed by atoms with Crippen LogP contribution in [0, 0.1) is 18.3 Å². The zero-order valence-corrected chi connectivity index (χ0v) is 4.38. The highest BCUT2D eigenvalue weighted by molar-refractivity contribution is 5.14. The van der Waals surface area contributed by atoms with E-state index in [2.05, 4.69) is 4.98 Å². The Morgan fingerprint density at radius 1 is 1.88 bits per heavy atom. The summed E-state index contributed by atoms with van der Waals surface area (Å²) >= 11 is 0. The van der Waals surface area contributed by atoms with Crippen LogP contribution >= 0.6 is 0 Å². The van der Waals surface area contributed by atoms with E-state index in [-0.39, 0.29) is 0 Å². The van der Waals surface area contributed by atoms with Crippen LogP contribution in [0.3, 0.4) is 0 Å². The topological polar surface area (TPSA) is 49.8 Å². The molecule has 3 nitrogen and oxygen atoms in total. The van der Waals surface area contributed by atoms with E-state index in [0.717, 1.165) is 0 Å². The predicted octanol–water partition coefficient (Wildman–Crippen LogP) is 0.855. The molecule has 0 radical (unpaired) electrons. The fourth-order valence-electron chi connectivity index (χ4n) is 0.415. The van der Waals surface area contributed by atoms with E-state index in [0.29, 0.717) is 11.6 Å². The molecule has 1 heterocycles. The number of hydrogen-bond donors (Lipinski definition) is 0. The van der Waals surface area contributed by atoms with Crippen molar-refractivity contribution in [3.63, 3.8) is 0 Å². The van der Waals surface area contributed by atoms with Gasteiger partial charge in [-0.1, -0.05) is 0 Å². The lowest BCUT2D eigenvalue weighted by atomic mass is 10.6. The average Bonchev–Trinajstić information content (AvgIpc) is 2.14. The van der Waals surface area contributed by atoms with Crippen LogP contribution in [0.2, 0.25) is 0 Å². The van der Waals surface area contributed by atoms with Crippen LogP contribution in [-0.4, -0.2) is 4.98 Å². The SMILES string of the molecule is Cc1nc(C#N)co1. The maximum absolute atomic E-state index is 8.18. The van der Waals surface area contributed by atoms with Crippen LogP contribution in [0.4, 0.5) is 0 Å². The summed E-state index contributed by atoms with van der Waals surface area (Å²) < 4.78 is 4.72. The zero-order valence-electron chi connectivity index (χ0n) is 4.38. The molecule has 8 heavy (non-hydrogen) atoms. The van der Waals surface area contributed by atoms with Crippen molar-refractivity contribution in [2.45, 2.75) is 6.92 Å². The Morgan fingerprint density at radius 3 is 2.88 bits per heavy atom. The summed E-state index contributed by atoms with van der Waals surface area (Å²) in [4.78, 5) is 3.70. The summed E-state index contributed by atoms with van der Waals surface area (Å²) in [6.45, 7) is 1.70. The van der Waals surface area contributed by atoms with Crippen molar-refractivity contribution >= 4 is 0 Å². The molecule has 1 aromatic rings. The monoisotopic (exact) mass is 108 g/mol. The number of nitriles is 1. The summed E-state index contributed by atoms with van der Waals surface area (Å²) in [5.74, 6) is 0.529. The van der Waals surface area contributed by atoms with E-state index in [1.807, 2.05) is 6.07 Å². The van der Waals surface area contributed by atoms with Gasteiger partial charge in [0.25, 0.3) is 0 Å². The average molecular weight is 108 g/mol. The molecule has 3 heteroatoms. The normalized spacial score (nSPS) is 8.50. The van der Waals surface area contributed by atoms with Gasteiger partial charge in [-0.2, -0.15) is 5.26 Å². The largest absolute Gasteiger partial charge is 0.448 e. The van der Waals surface area contributed by atoms with Crippen LogP contribution in [0.5, 0.6) is 0 Å². The molecule has 0 spiro atoms. The second kappa shape index (κ2) is 1.66. The molecule has 1 rings (SSSR count). The summed E-state index contributed by atoms with van der Waals surface area (Å²) in [7, 11) is 0. The van der Waals surface area contributed by atoms with Gasteiger partial charge in [-0.05, 0) is 0 Å². The molecular formula is C5H4N2O. The van der Waals surface area contributed by atoms with Crippen LogP contribution in [0.25, 0.3) is 0 Å². The second-order valence-corrected chi connectivity index (χ2v) is 1.36. The Kier molecular flexibility index (Phi) is 1.01. The lowest BCUT2D eigenvalue weighted by Crippen LogP contribution is -1.70. The van der Waals surface area contributed by atoms with Crippen molar-refractivity contribution in [2.24, 2.45) is 0 Å². The molecule has 0 saturated carbocycles. The number of oxazole rings is 1. The van der Waals surface area contributed by atoms with Gasteiger partial charge in [0.2, 0.25) is 0 Å². The molecule has 1 aromatic heterocycles. The van der Waals surface area contributed by atoms with E-state index >= 15 is 0 Å². The molecule has 0 aliphatic carbocycles. The van der Waals surface area contributed by atoms with Gasteiger partial charge in [-0.15, -0.1) is 0 Å². The van der Waals surface area contributed by atoms with Crippen molar-refractivity contribution in [2.75, 3.05) is 0 Å². The van der Waals surface area contributed by atoms with Gasteiger partial charge in [0.1, 0.15) is 12.3 Å². The highest BCUT2D eigenvalue weighted by atomic mass is 16.3. The Labute approximate surface area is 46.6 Å². The summed E-state index contributed by atoms with van der Waals surface area (Å²) in [5.41, 5.74) is 0.336. The van der Waals surface area contributed by atoms with E-state index in [1.54, 1.807) is 6.92 Å².